The summed E-state index contributed by atoms with van der Waals surface area (Å²) in [5, 5.41) is 21.8. The number of hydrogen-bond donors (Lipinski definition) is 5. The summed E-state index contributed by atoms with van der Waals surface area (Å²) in [6.45, 7) is 2.03. The fraction of sp³-hybridized carbons (Fsp3) is 0.145. The molecule has 0 amide bonds. The average molecular weight is 984 g/mol. The van der Waals surface area contributed by atoms with Crippen molar-refractivity contribution in [2.75, 3.05) is 56.8 Å². The van der Waals surface area contributed by atoms with Crippen LogP contribution in [-0.2, 0) is 6.42 Å². The van der Waals surface area contributed by atoms with E-state index in [0.717, 1.165) is 83.8 Å². The van der Waals surface area contributed by atoms with Gasteiger partial charge in [0.05, 0.1) is 76.0 Å². The van der Waals surface area contributed by atoms with Gasteiger partial charge >= 0.3 is 0 Å². The zero-order valence-corrected chi connectivity index (χ0v) is 40.4. The standard InChI is InChI=1S/C55H47F2N17/c1-72(2)10-8-63-38-16-33(14-36(57)17-38)44-25-62-27-50-40(44)19-48(68-50)55-42-21-46(52-28-59-6-7-64-52)66-30-53(42)74(71-55)73(3)9-4-5-31-11-32(13-35(56)12-31)43-24-61-26-49-39(43)18-47(67-49)54-41-20-45(65-29-51(41)69-70-54)34-15-37(58)23-60-22-34/h6-7,11-30,63,67-68H,4-5,8-10,58H2,1-3H3,(H,69,70). The van der Waals surface area contributed by atoms with Gasteiger partial charge in [0.1, 0.15) is 34.2 Å². The van der Waals surface area contributed by atoms with Crippen LogP contribution >= 0.6 is 0 Å². The average Bonchev–Trinajstić information content (AvgIpc) is 4.22. The first kappa shape index (κ1) is 45.6. The number of fused-ring (bicyclic) bond motifs is 4. The van der Waals surface area contributed by atoms with Crippen LogP contribution < -0.4 is 16.1 Å². The summed E-state index contributed by atoms with van der Waals surface area (Å²) in [5.41, 5.74) is 19.8. The lowest BCUT2D eigenvalue weighted by atomic mass is 9.99. The third-order valence-electron chi connectivity index (χ3n) is 13.1. The van der Waals surface area contributed by atoms with Crippen LogP contribution in [0.25, 0.3) is 111 Å². The van der Waals surface area contributed by atoms with Gasteiger partial charge in [0, 0.05) is 108 Å². The summed E-state index contributed by atoms with van der Waals surface area (Å²) < 4.78 is 30.8. The number of nitrogen functional groups attached to an aromatic ring is 1. The van der Waals surface area contributed by atoms with Gasteiger partial charge in [-0.2, -0.15) is 9.89 Å². The van der Waals surface area contributed by atoms with Crippen LogP contribution in [0.5, 0.6) is 0 Å². The molecule has 366 valence electrons. The van der Waals surface area contributed by atoms with E-state index in [-0.39, 0.29) is 11.6 Å². The van der Waals surface area contributed by atoms with Crippen molar-refractivity contribution in [1.82, 2.24) is 69.8 Å². The van der Waals surface area contributed by atoms with Crippen LogP contribution in [0, 0.1) is 11.6 Å². The first-order valence-electron chi connectivity index (χ1n) is 23.9. The maximum atomic E-state index is 15.6. The maximum absolute atomic E-state index is 15.6. The van der Waals surface area contributed by atoms with E-state index in [0.29, 0.717) is 76.9 Å². The lowest BCUT2D eigenvalue weighted by molar-refractivity contribution is 0.425. The van der Waals surface area contributed by atoms with Gasteiger partial charge in [0.2, 0.25) is 0 Å². The Hall–Kier alpha value is -9.49. The Labute approximate surface area is 421 Å². The van der Waals surface area contributed by atoms with E-state index in [1.54, 1.807) is 80.3 Å². The van der Waals surface area contributed by atoms with Gasteiger partial charge in [-0.25, -0.2) is 8.78 Å². The number of anilines is 2. The van der Waals surface area contributed by atoms with Gasteiger partial charge in [-0.3, -0.25) is 45.0 Å². The van der Waals surface area contributed by atoms with Gasteiger partial charge in [0.15, 0.2) is 0 Å². The number of aromatic amines is 3. The van der Waals surface area contributed by atoms with Crippen molar-refractivity contribution >= 4 is 55.0 Å². The SMILES string of the molecule is CN(C)CCNc1cc(F)cc(-c2cncc3[nH]c(-c4nn(N(C)CCCc5cc(F)cc(-c6cncc7[nH]c(-c8n[nH]c9cnc(-c%10cncc(N)c%10)cc89)cc67)c5)c5cnc(-c6cnccn6)cc45)cc23)c1. The summed E-state index contributed by atoms with van der Waals surface area (Å²) in [7, 11) is 5.97. The molecule has 19 heteroatoms. The van der Waals surface area contributed by atoms with E-state index < -0.39 is 0 Å². The van der Waals surface area contributed by atoms with E-state index in [9.17, 15) is 0 Å². The molecule has 0 bridgehead atoms. The fourth-order valence-electron chi connectivity index (χ4n) is 9.55. The van der Waals surface area contributed by atoms with E-state index in [4.69, 9.17) is 15.8 Å². The summed E-state index contributed by atoms with van der Waals surface area (Å²) >= 11 is 0. The van der Waals surface area contributed by atoms with Crippen LogP contribution in [0.2, 0.25) is 0 Å². The predicted octanol–water partition coefficient (Wildman–Crippen LogP) is 9.68. The first-order valence-corrected chi connectivity index (χ1v) is 23.9. The van der Waals surface area contributed by atoms with E-state index in [1.165, 1.54) is 12.1 Å². The number of likely N-dealkylation sites (N-methyl/N-ethyl adjacent to an activating group) is 1. The van der Waals surface area contributed by atoms with Crippen LogP contribution in [0.3, 0.4) is 0 Å². The van der Waals surface area contributed by atoms with Crippen molar-refractivity contribution in [3.63, 3.8) is 0 Å². The van der Waals surface area contributed by atoms with Crippen molar-refractivity contribution < 1.29 is 8.78 Å². The molecule has 0 aliphatic carbocycles. The molecule has 0 aliphatic heterocycles. The molecule has 12 aromatic rings. The van der Waals surface area contributed by atoms with Crippen molar-refractivity contribution in [3.05, 3.63) is 152 Å². The molecule has 0 unspecified atom stereocenters. The Morgan fingerprint density at radius 3 is 2.04 bits per heavy atom. The molecule has 10 heterocycles. The highest BCUT2D eigenvalue weighted by molar-refractivity contribution is 6.03. The Morgan fingerprint density at radius 1 is 0.581 bits per heavy atom. The van der Waals surface area contributed by atoms with Gasteiger partial charge in [-0.05, 0) is 104 Å². The second-order valence-electron chi connectivity index (χ2n) is 18.6. The topological polar surface area (TPSA) is 213 Å². The molecule has 0 atom stereocenters. The monoisotopic (exact) mass is 983 g/mol. The van der Waals surface area contributed by atoms with Crippen LogP contribution in [-0.4, -0.2) is 111 Å². The molecule has 0 radical (unpaired) electrons. The van der Waals surface area contributed by atoms with Gasteiger partial charge in [-0.1, -0.05) is 6.07 Å². The molecule has 17 nitrogen and oxygen atoms in total. The summed E-state index contributed by atoms with van der Waals surface area (Å²) in [5.74, 6) is -0.687. The number of aromatic nitrogens is 13. The van der Waals surface area contributed by atoms with Crippen molar-refractivity contribution in [3.8, 4) is 67.7 Å². The highest BCUT2D eigenvalue weighted by Gasteiger charge is 2.21. The Bertz CT molecular complexity index is 4050. The molecule has 6 N–H and O–H groups in total. The second-order valence-corrected chi connectivity index (χ2v) is 18.6. The molecule has 0 saturated heterocycles. The summed E-state index contributed by atoms with van der Waals surface area (Å²) in [6, 6.07) is 19.9. The molecule has 2 aromatic carbocycles. The van der Waals surface area contributed by atoms with Gasteiger partial charge in [0.25, 0.3) is 0 Å². The molecule has 0 saturated carbocycles. The lowest BCUT2D eigenvalue weighted by Crippen LogP contribution is -2.32. The number of aryl methyl sites for hydroxylation is 1. The number of H-pyrrole nitrogens is 3. The quantitative estimate of drug-likeness (QED) is 0.0648. The molecule has 0 spiro atoms. The molecular weight excluding hydrogens is 937 g/mol. The third kappa shape index (κ3) is 8.85. The zero-order chi connectivity index (χ0) is 50.5. The minimum Gasteiger partial charge on any atom is -0.397 e. The van der Waals surface area contributed by atoms with Crippen LogP contribution in [0.1, 0.15) is 12.0 Å². The van der Waals surface area contributed by atoms with E-state index in [1.807, 2.05) is 73.4 Å². The van der Waals surface area contributed by atoms with Gasteiger partial charge in [-0.15, -0.1) is 5.10 Å². The van der Waals surface area contributed by atoms with Gasteiger partial charge < -0.3 is 25.9 Å². The van der Waals surface area contributed by atoms with Crippen LogP contribution in [0.4, 0.5) is 20.2 Å². The molecule has 10 aromatic heterocycles. The minimum atomic E-state index is -0.346. The largest absolute Gasteiger partial charge is 0.397 e. The number of pyridine rings is 5. The molecular formula is C55H47F2N17. The minimum absolute atomic E-state index is 0.341. The predicted molar refractivity (Wildman–Crippen MR) is 285 cm³/mol. The highest BCUT2D eigenvalue weighted by Crippen LogP contribution is 2.38. The first-order chi connectivity index (χ1) is 36.1. The molecule has 12 rings (SSSR count). The number of hydrogen-bond acceptors (Lipinski definition) is 13. The number of nitrogens with two attached hydrogens (primary N) is 1. The summed E-state index contributed by atoms with van der Waals surface area (Å²) in [6.07, 6.45) is 20.1. The smallest absolute Gasteiger partial charge is 0.125 e. The zero-order valence-electron chi connectivity index (χ0n) is 40.4. The summed E-state index contributed by atoms with van der Waals surface area (Å²) in [4.78, 5) is 42.5. The van der Waals surface area contributed by atoms with Crippen molar-refractivity contribution in [2.24, 2.45) is 0 Å². The highest BCUT2D eigenvalue weighted by atomic mass is 19.1. The van der Waals surface area contributed by atoms with Crippen molar-refractivity contribution in [2.45, 2.75) is 12.8 Å². The molecule has 0 aliphatic rings. The Kier molecular flexibility index (Phi) is 11.7. The lowest BCUT2D eigenvalue weighted by Gasteiger charge is -2.20. The number of rotatable bonds is 15. The fourth-order valence-corrected chi connectivity index (χ4v) is 9.55. The number of nitrogens with zero attached hydrogens (tertiary/aromatic N) is 12. The normalized spacial score (nSPS) is 11.8. The third-order valence-corrected chi connectivity index (χ3v) is 13.1. The molecule has 0 fully saturated rings. The van der Waals surface area contributed by atoms with E-state index >= 15 is 8.78 Å². The van der Waals surface area contributed by atoms with Crippen LogP contribution in [0.15, 0.2) is 135 Å². The Balaban J connectivity index is 0.823. The Morgan fingerprint density at radius 2 is 1.30 bits per heavy atom. The number of benzene rings is 2. The van der Waals surface area contributed by atoms with E-state index in [2.05, 4.69) is 60.3 Å². The molecule has 74 heavy (non-hydrogen) atoms. The second kappa shape index (κ2) is 18.9. The number of nitrogens with one attached hydrogen (secondary N) is 4. The maximum Gasteiger partial charge on any atom is 0.125 e. The number of halogens is 2. The van der Waals surface area contributed by atoms with Crippen molar-refractivity contribution in [1.29, 1.82) is 0 Å².